The van der Waals surface area contributed by atoms with Crippen molar-refractivity contribution in [3.63, 3.8) is 0 Å². The number of carbonyl (C=O) groups is 1. The molecule has 9 heteroatoms. The smallest absolute Gasteiger partial charge is 0.234 e. The largest absolute Gasteiger partial charge is 0.481 e. The highest BCUT2D eigenvalue weighted by Crippen LogP contribution is 2.30. The zero-order chi connectivity index (χ0) is 23.1. The number of rotatable bonds is 9. The minimum absolute atomic E-state index is 0.135. The van der Waals surface area contributed by atoms with Crippen LogP contribution < -0.4 is 10.1 Å². The summed E-state index contributed by atoms with van der Waals surface area (Å²) < 4.78 is 8.00. The van der Waals surface area contributed by atoms with E-state index in [4.69, 9.17) is 16.3 Å². The number of para-hydroxylation sites is 2. The van der Waals surface area contributed by atoms with Crippen LogP contribution in [0.5, 0.6) is 5.75 Å². The predicted octanol–water partition coefficient (Wildman–Crippen LogP) is 5.33. The molecule has 1 heterocycles. The Morgan fingerprint density at radius 3 is 2.62 bits per heavy atom. The van der Waals surface area contributed by atoms with Gasteiger partial charge in [0.1, 0.15) is 11.8 Å². The first-order valence-corrected chi connectivity index (χ1v) is 11.5. The topological polar surface area (TPSA) is 92.8 Å². The lowest BCUT2D eigenvalue weighted by molar-refractivity contribution is -0.113. The summed E-state index contributed by atoms with van der Waals surface area (Å²) in [7, 11) is 0. The quantitative estimate of drug-likeness (QED) is 0.426. The molecular weight excluding hydrogens is 446 g/mol. The second kappa shape index (κ2) is 11.0. The highest BCUT2D eigenvalue weighted by Gasteiger charge is 2.21. The first-order chi connectivity index (χ1) is 15.4. The van der Waals surface area contributed by atoms with E-state index in [1.54, 1.807) is 36.4 Å². The van der Waals surface area contributed by atoms with Crippen LogP contribution in [0.4, 0.5) is 5.69 Å². The van der Waals surface area contributed by atoms with Gasteiger partial charge in [0.15, 0.2) is 17.1 Å². The molecule has 0 fully saturated rings. The molecule has 0 aliphatic heterocycles. The number of anilines is 1. The van der Waals surface area contributed by atoms with E-state index >= 15 is 0 Å². The van der Waals surface area contributed by atoms with Crippen molar-refractivity contribution in [2.24, 2.45) is 5.92 Å². The average molecular weight is 470 g/mol. The predicted molar refractivity (Wildman–Crippen MR) is 126 cm³/mol. The maximum atomic E-state index is 12.5. The number of halogens is 1. The van der Waals surface area contributed by atoms with Crippen LogP contribution in [0.3, 0.4) is 0 Å². The van der Waals surface area contributed by atoms with Gasteiger partial charge in [-0.1, -0.05) is 61.5 Å². The van der Waals surface area contributed by atoms with Crippen LogP contribution in [-0.2, 0) is 11.3 Å². The van der Waals surface area contributed by atoms with Gasteiger partial charge in [0.2, 0.25) is 5.91 Å². The molecule has 0 aliphatic rings. The lowest BCUT2D eigenvalue weighted by atomic mass is 10.2. The van der Waals surface area contributed by atoms with Crippen LogP contribution in [0, 0.1) is 17.2 Å². The molecule has 1 aromatic heterocycles. The first-order valence-electron chi connectivity index (χ1n) is 10.1. The maximum Gasteiger partial charge on any atom is 0.234 e. The van der Waals surface area contributed by atoms with Gasteiger partial charge in [0.25, 0.3) is 0 Å². The fraction of sp³-hybridized carbons (Fsp3) is 0.304. The van der Waals surface area contributed by atoms with Crippen LogP contribution >= 0.6 is 23.4 Å². The van der Waals surface area contributed by atoms with Crippen molar-refractivity contribution in [3.8, 4) is 11.8 Å². The van der Waals surface area contributed by atoms with Crippen molar-refractivity contribution in [2.45, 2.75) is 38.6 Å². The number of thioether (sulfide) groups is 1. The van der Waals surface area contributed by atoms with Gasteiger partial charge >= 0.3 is 0 Å². The lowest BCUT2D eigenvalue weighted by Crippen LogP contribution is -2.17. The minimum atomic E-state index is -0.383. The summed E-state index contributed by atoms with van der Waals surface area (Å²) in [6.07, 6.45) is -0.383. The Balaban J connectivity index is 1.72. The Hall–Kier alpha value is -3.02. The molecule has 1 atom stereocenters. The van der Waals surface area contributed by atoms with Gasteiger partial charge in [0.05, 0.1) is 22.0 Å². The zero-order valence-corrected chi connectivity index (χ0v) is 19.7. The number of nitrogens with one attached hydrogen (secondary N) is 1. The molecule has 0 aliphatic carbocycles. The van der Waals surface area contributed by atoms with Crippen molar-refractivity contribution in [1.29, 1.82) is 5.26 Å². The van der Waals surface area contributed by atoms with Gasteiger partial charge in [0, 0.05) is 6.54 Å². The standard InChI is InChI=1S/C23H24ClN5O2S/c1-15(2)13-29-22(16(3)31-20-11-7-5-9-18(20)24)27-28-23(29)32-14-21(30)26-19-10-6-4-8-17(19)12-25/h4-11,15-16H,13-14H2,1-3H3,(H,26,30). The Labute approximate surface area is 196 Å². The molecule has 3 aromatic rings. The average Bonchev–Trinajstić information content (AvgIpc) is 3.16. The highest BCUT2D eigenvalue weighted by molar-refractivity contribution is 7.99. The van der Waals surface area contributed by atoms with Crippen molar-refractivity contribution in [1.82, 2.24) is 14.8 Å². The van der Waals surface area contributed by atoms with Crippen molar-refractivity contribution in [3.05, 3.63) is 64.9 Å². The second-order valence-electron chi connectivity index (χ2n) is 7.53. The van der Waals surface area contributed by atoms with Gasteiger partial charge in [-0.3, -0.25) is 4.79 Å². The number of hydrogen-bond donors (Lipinski definition) is 1. The van der Waals surface area contributed by atoms with Gasteiger partial charge in [-0.15, -0.1) is 10.2 Å². The first kappa shape index (κ1) is 23.6. The van der Waals surface area contributed by atoms with E-state index in [-0.39, 0.29) is 17.8 Å². The molecular formula is C23H24ClN5O2S. The van der Waals surface area contributed by atoms with Gasteiger partial charge in [-0.05, 0) is 37.1 Å². The number of nitrogens with zero attached hydrogens (tertiary/aromatic N) is 4. The van der Waals surface area contributed by atoms with Crippen molar-refractivity contribution in [2.75, 3.05) is 11.1 Å². The molecule has 32 heavy (non-hydrogen) atoms. The summed E-state index contributed by atoms with van der Waals surface area (Å²) in [5.74, 6) is 1.49. The molecule has 0 bridgehead atoms. The molecule has 1 N–H and O–H groups in total. The maximum absolute atomic E-state index is 12.5. The lowest BCUT2D eigenvalue weighted by Gasteiger charge is -2.18. The van der Waals surface area contributed by atoms with E-state index < -0.39 is 0 Å². The fourth-order valence-electron chi connectivity index (χ4n) is 3.03. The molecule has 166 valence electrons. The molecule has 0 saturated heterocycles. The molecule has 3 rings (SSSR count). The molecule has 2 aromatic carbocycles. The fourth-order valence-corrected chi connectivity index (χ4v) is 3.97. The zero-order valence-electron chi connectivity index (χ0n) is 18.1. The van der Waals surface area contributed by atoms with E-state index in [0.29, 0.717) is 45.5 Å². The summed E-state index contributed by atoms with van der Waals surface area (Å²) in [6, 6.07) is 16.2. The van der Waals surface area contributed by atoms with Gasteiger partial charge < -0.3 is 14.6 Å². The van der Waals surface area contributed by atoms with Crippen LogP contribution in [0.25, 0.3) is 0 Å². The van der Waals surface area contributed by atoms with Crippen LogP contribution in [-0.4, -0.2) is 26.4 Å². The third kappa shape index (κ3) is 6.02. The number of benzene rings is 2. The number of hydrogen-bond acceptors (Lipinski definition) is 6. The molecule has 0 saturated carbocycles. The molecule has 0 radical (unpaired) electrons. The van der Waals surface area contributed by atoms with Crippen molar-refractivity contribution >= 4 is 35.0 Å². The summed E-state index contributed by atoms with van der Waals surface area (Å²) in [5, 5.41) is 21.8. The molecule has 1 unspecified atom stereocenters. The number of nitriles is 1. The molecule has 1 amide bonds. The number of aromatic nitrogens is 3. The Bertz CT molecular complexity index is 1130. The number of amides is 1. The van der Waals surface area contributed by atoms with E-state index in [0.717, 1.165) is 0 Å². The SMILES string of the molecule is CC(C)Cn1c(SCC(=O)Nc2ccccc2C#N)nnc1C(C)Oc1ccccc1Cl. The number of carbonyl (C=O) groups excluding carboxylic acids is 1. The van der Waals surface area contributed by atoms with E-state index in [1.807, 2.05) is 23.6 Å². The van der Waals surface area contributed by atoms with Crippen LogP contribution in [0.1, 0.15) is 38.3 Å². The molecule has 7 nitrogen and oxygen atoms in total. The number of ether oxygens (including phenoxy) is 1. The Morgan fingerprint density at radius 2 is 1.91 bits per heavy atom. The van der Waals surface area contributed by atoms with Crippen molar-refractivity contribution < 1.29 is 9.53 Å². The second-order valence-corrected chi connectivity index (χ2v) is 8.88. The molecule has 0 spiro atoms. The highest BCUT2D eigenvalue weighted by atomic mass is 35.5. The van der Waals surface area contributed by atoms with Crippen LogP contribution in [0.15, 0.2) is 53.7 Å². The summed E-state index contributed by atoms with van der Waals surface area (Å²) in [4.78, 5) is 12.5. The summed E-state index contributed by atoms with van der Waals surface area (Å²) in [5.41, 5.74) is 0.911. The Morgan fingerprint density at radius 1 is 1.19 bits per heavy atom. The third-order valence-electron chi connectivity index (χ3n) is 4.45. The third-order valence-corrected chi connectivity index (χ3v) is 5.73. The van der Waals surface area contributed by atoms with Gasteiger partial charge in [-0.25, -0.2) is 0 Å². The van der Waals surface area contributed by atoms with E-state index in [1.165, 1.54) is 11.8 Å². The summed E-state index contributed by atoms with van der Waals surface area (Å²) >= 11 is 7.51. The van der Waals surface area contributed by atoms with Gasteiger partial charge in [-0.2, -0.15) is 5.26 Å². The van der Waals surface area contributed by atoms with Crippen LogP contribution in [0.2, 0.25) is 5.02 Å². The monoisotopic (exact) mass is 469 g/mol. The normalized spacial score (nSPS) is 11.8. The van der Waals surface area contributed by atoms with E-state index in [2.05, 4.69) is 35.4 Å². The Kier molecular flexibility index (Phi) is 8.14. The van der Waals surface area contributed by atoms with E-state index in [9.17, 15) is 10.1 Å². The summed E-state index contributed by atoms with van der Waals surface area (Å²) in [6.45, 7) is 6.77. The minimum Gasteiger partial charge on any atom is -0.481 e.